The minimum absolute atomic E-state index is 0.0629. The van der Waals surface area contributed by atoms with E-state index in [0.29, 0.717) is 5.16 Å². The van der Waals surface area contributed by atoms with Gasteiger partial charge in [-0.1, -0.05) is 59.8 Å². The van der Waals surface area contributed by atoms with Gasteiger partial charge in [0, 0.05) is 5.69 Å². The van der Waals surface area contributed by atoms with Gasteiger partial charge >= 0.3 is 0 Å². The van der Waals surface area contributed by atoms with Gasteiger partial charge in [0.25, 0.3) is 0 Å². The smallest absolute Gasteiger partial charge is 0.240 e. The summed E-state index contributed by atoms with van der Waals surface area (Å²) in [5.41, 5.74) is 6.38. The molecule has 0 saturated carbocycles. The molecule has 26 heavy (non-hydrogen) atoms. The Labute approximate surface area is 156 Å². The van der Waals surface area contributed by atoms with Crippen LogP contribution in [0.15, 0.2) is 59.8 Å². The van der Waals surface area contributed by atoms with Crippen molar-refractivity contribution in [2.75, 3.05) is 10.7 Å². The number of carbonyl (C=O) groups excluding carboxylic acids is 1. The molecule has 2 atom stereocenters. The molecule has 0 aliphatic carbocycles. The molecule has 1 aliphatic heterocycles. The van der Waals surface area contributed by atoms with E-state index in [9.17, 15) is 4.79 Å². The van der Waals surface area contributed by atoms with E-state index in [1.54, 1.807) is 0 Å². The lowest BCUT2D eigenvalue weighted by atomic mass is 10.0. The fourth-order valence-electron chi connectivity index (χ4n) is 2.92. The highest BCUT2D eigenvalue weighted by atomic mass is 32.2. The lowest BCUT2D eigenvalue weighted by molar-refractivity contribution is -0.116. The maximum Gasteiger partial charge on any atom is 0.240 e. The van der Waals surface area contributed by atoms with Crippen LogP contribution in [0.2, 0.25) is 0 Å². The Kier molecular flexibility index (Phi) is 4.38. The van der Waals surface area contributed by atoms with Crippen molar-refractivity contribution in [3.05, 3.63) is 71.5 Å². The number of fused-ring (bicyclic) bond motifs is 1. The molecule has 0 saturated heterocycles. The third kappa shape index (κ3) is 3.17. The topological polar surface area (TPSA) is 71.8 Å². The minimum atomic E-state index is -0.366. The van der Waals surface area contributed by atoms with E-state index in [0.717, 1.165) is 22.6 Å². The second-order valence-electron chi connectivity index (χ2n) is 6.28. The number of nitrogens with zero attached hydrogens (tertiary/aromatic N) is 3. The molecule has 3 aromatic rings. The van der Waals surface area contributed by atoms with Crippen molar-refractivity contribution in [2.24, 2.45) is 0 Å². The van der Waals surface area contributed by atoms with Crippen molar-refractivity contribution >= 4 is 23.4 Å². The molecule has 7 heteroatoms. The van der Waals surface area contributed by atoms with Gasteiger partial charge in [0.1, 0.15) is 11.1 Å². The molecule has 1 amide bonds. The molecule has 2 unspecified atom stereocenters. The van der Waals surface area contributed by atoms with Crippen molar-refractivity contribution < 1.29 is 4.79 Å². The summed E-state index contributed by atoms with van der Waals surface area (Å²) in [6.45, 7) is 3.91. The van der Waals surface area contributed by atoms with Crippen molar-refractivity contribution in [2.45, 2.75) is 30.3 Å². The fraction of sp³-hybridized carbons (Fsp3) is 0.211. The normalized spacial score (nSPS) is 18.7. The van der Waals surface area contributed by atoms with Gasteiger partial charge in [-0.25, -0.2) is 4.68 Å². The monoisotopic (exact) mass is 365 g/mol. The Morgan fingerprint density at radius 2 is 1.81 bits per heavy atom. The molecule has 2 N–H and O–H groups in total. The summed E-state index contributed by atoms with van der Waals surface area (Å²) in [5.74, 6) is 0.706. The van der Waals surface area contributed by atoms with Crippen molar-refractivity contribution in [3.8, 4) is 0 Å². The SMILES string of the molecule is Cc1ccc(NC(=O)C2Sc3nnc(C)n3NC2c2ccccc2)cc1. The Balaban J connectivity index is 1.64. The van der Waals surface area contributed by atoms with E-state index in [1.807, 2.05) is 73.1 Å². The van der Waals surface area contributed by atoms with Crippen molar-refractivity contribution in [3.63, 3.8) is 0 Å². The third-order valence-corrected chi connectivity index (χ3v) is 5.55. The number of thioether (sulfide) groups is 1. The molecule has 132 valence electrons. The lowest BCUT2D eigenvalue weighted by Gasteiger charge is -2.32. The summed E-state index contributed by atoms with van der Waals surface area (Å²) >= 11 is 1.43. The molecular formula is C19H19N5OS. The van der Waals surface area contributed by atoms with Gasteiger partial charge < -0.3 is 10.7 Å². The second-order valence-corrected chi connectivity index (χ2v) is 7.39. The molecule has 1 aliphatic rings. The highest BCUT2D eigenvalue weighted by molar-refractivity contribution is 8.00. The highest BCUT2D eigenvalue weighted by Gasteiger charge is 2.37. The Morgan fingerprint density at radius 3 is 2.54 bits per heavy atom. The third-order valence-electron chi connectivity index (χ3n) is 4.33. The van der Waals surface area contributed by atoms with Gasteiger partial charge in [-0.3, -0.25) is 4.79 Å². The van der Waals surface area contributed by atoms with E-state index in [-0.39, 0.29) is 17.2 Å². The first kappa shape index (κ1) is 16.7. The van der Waals surface area contributed by atoms with Crippen molar-refractivity contribution in [1.82, 2.24) is 14.9 Å². The predicted octanol–water partition coefficient (Wildman–Crippen LogP) is 3.29. The molecule has 2 aromatic carbocycles. The Hall–Kier alpha value is -2.80. The number of hydrogen-bond donors (Lipinski definition) is 2. The summed E-state index contributed by atoms with van der Waals surface area (Å²) in [6.07, 6.45) is 0. The van der Waals surface area contributed by atoms with E-state index < -0.39 is 0 Å². The van der Waals surface area contributed by atoms with Gasteiger partial charge in [-0.15, -0.1) is 10.2 Å². The first-order chi connectivity index (χ1) is 12.6. The van der Waals surface area contributed by atoms with Crippen LogP contribution < -0.4 is 10.7 Å². The summed E-state index contributed by atoms with van der Waals surface area (Å²) in [4.78, 5) is 13.0. The Bertz CT molecular complexity index is 923. The van der Waals surface area contributed by atoms with Crippen LogP contribution in [0.5, 0.6) is 0 Å². The van der Waals surface area contributed by atoms with E-state index in [2.05, 4.69) is 20.9 Å². The summed E-state index contributed by atoms with van der Waals surface area (Å²) in [5, 5.41) is 11.6. The van der Waals surface area contributed by atoms with Gasteiger partial charge in [-0.05, 0) is 31.5 Å². The zero-order chi connectivity index (χ0) is 18.1. The second kappa shape index (κ2) is 6.84. The van der Waals surface area contributed by atoms with E-state index >= 15 is 0 Å². The van der Waals surface area contributed by atoms with Crippen LogP contribution in [-0.4, -0.2) is 26.0 Å². The molecule has 0 spiro atoms. The van der Waals surface area contributed by atoms with Gasteiger partial charge in [0.05, 0.1) is 6.04 Å². The number of anilines is 1. The first-order valence-corrected chi connectivity index (χ1v) is 9.27. The Morgan fingerprint density at radius 1 is 1.08 bits per heavy atom. The first-order valence-electron chi connectivity index (χ1n) is 8.39. The average Bonchev–Trinajstić information content (AvgIpc) is 3.03. The zero-order valence-corrected chi connectivity index (χ0v) is 15.3. The van der Waals surface area contributed by atoms with E-state index in [4.69, 9.17) is 0 Å². The summed E-state index contributed by atoms with van der Waals surface area (Å²) in [7, 11) is 0. The summed E-state index contributed by atoms with van der Waals surface area (Å²) < 4.78 is 1.85. The van der Waals surface area contributed by atoms with Gasteiger partial charge in [-0.2, -0.15) is 0 Å². The largest absolute Gasteiger partial charge is 0.325 e. The molecule has 1 aromatic heterocycles. The predicted molar refractivity (Wildman–Crippen MR) is 103 cm³/mol. The minimum Gasteiger partial charge on any atom is -0.325 e. The van der Waals surface area contributed by atoms with Gasteiger partial charge in [0.2, 0.25) is 11.1 Å². The molecule has 2 heterocycles. The number of rotatable bonds is 3. The number of aromatic nitrogens is 3. The molecule has 0 radical (unpaired) electrons. The van der Waals surface area contributed by atoms with Crippen LogP contribution in [0.3, 0.4) is 0 Å². The van der Waals surface area contributed by atoms with Crippen LogP contribution in [0.4, 0.5) is 5.69 Å². The number of aryl methyl sites for hydroxylation is 2. The van der Waals surface area contributed by atoms with Crippen LogP contribution >= 0.6 is 11.8 Å². The summed E-state index contributed by atoms with van der Waals surface area (Å²) in [6, 6.07) is 17.6. The maximum atomic E-state index is 13.0. The molecular weight excluding hydrogens is 346 g/mol. The highest BCUT2D eigenvalue weighted by Crippen LogP contribution is 2.37. The van der Waals surface area contributed by atoms with Crippen LogP contribution in [0.25, 0.3) is 0 Å². The van der Waals surface area contributed by atoms with E-state index in [1.165, 1.54) is 11.8 Å². The lowest BCUT2D eigenvalue weighted by Crippen LogP contribution is -2.41. The van der Waals surface area contributed by atoms with Crippen molar-refractivity contribution in [1.29, 1.82) is 0 Å². The fourth-order valence-corrected chi connectivity index (χ4v) is 4.05. The number of amides is 1. The van der Waals surface area contributed by atoms with Crippen LogP contribution in [0.1, 0.15) is 23.0 Å². The maximum absolute atomic E-state index is 13.0. The molecule has 0 bridgehead atoms. The number of hydrogen-bond acceptors (Lipinski definition) is 5. The number of carbonyl (C=O) groups is 1. The standard InChI is InChI=1S/C19H19N5OS/c1-12-8-10-15(11-9-12)20-18(25)17-16(14-6-4-3-5-7-14)23-24-13(2)21-22-19(24)26-17/h3-11,16-17,23H,1-2H3,(H,20,25). The average molecular weight is 365 g/mol. The molecule has 4 rings (SSSR count). The quantitative estimate of drug-likeness (QED) is 0.745. The van der Waals surface area contributed by atoms with Crippen LogP contribution in [-0.2, 0) is 4.79 Å². The number of benzene rings is 2. The molecule has 6 nitrogen and oxygen atoms in total. The van der Waals surface area contributed by atoms with Gasteiger partial charge in [0.15, 0.2) is 0 Å². The zero-order valence-electron chi connectivity index (χ0n) is 14.5. The van der Waals surface area contributed by atoms with Crippen LogP contribution in [0, 0.1) is 13.8 Å². The molecule has 0 fully saturated rings. The number of nitrogens with one attached hydrogen (secondary N) is 2.